The Morgan fingerprint density at radius 1 is 0.300 bits per heavy atom. The van der Waals surface area contributed by atoms with Gasteiger partial charge in [0.1, 0.15) is 0 Å². The van der Waals surface area contributed by atoms with E-state index in [1.165, 1.54) is 121 Å². The molecule has 0 bridgehead atoms. The highest BCUT2D eigenvalue weighted by molar-refractivity contribution is 6.32. The first-order chi connectivity index (χ1) is 38.8. The van der Waals surface area contributed by atoms with Crippen molar-refractivity contribution in [1.82, 2.24) is 8.80 Å². The highest BCUT2D eigenvalue weighted by Gasteiger charge is 2.30. The molecule has 15 rings (SSSR count). The molecule has 0 radical (unpaired) electrons. The van der Waals surface area contributed by atoms with E-state index in [0.29, 0.717) is 0 Å². The van der Waals surface area contributed by atoms with Crippen molar-refractivity contribution < 1.29 is 0 Å². The molecule has 0 N–H and O–H groups in total. The smallest absolute Gasteiger partial charge is 0.0641 e. The van der Waals surface area contributed by atoms with E-state index in [1.54, 1.807) is 0 Å². The molecule has 0 spiro atoms. The maximum absolute atomic E-state index is 2.56. The first kappa shape index (κ1) is 47.8. The van der Waals surface area contributed by atoms with E-state index in [9.17, 15) is 0 Å². The fourth-order valence-electron chi connectivity index (χ4n) is 13.3. The van der Waals surface area contributed by atoms with E-state index in [-0.39, 0.29) is 10.8 Å². The summed E-state index contributed by atoms with van der Waals surface area (Å²) in [5.41, 5.74) is 24.0. The monoisotopic (exact) mass is 1030 g/mol. The Morgan fingerprint density at radius 2 is 0.688 bits per heavy atom. The molecule has 15 aromatic rings. The van der Waals surface area contributed by atoms with Crippen LogP contribution in [0.4, 0.5) is 34.1 Å². The van der Waals surface area contributed by atoms with Gasteiger partial charge >= 0.3 is 0 Å². The summed E-state index contributed by atoms with van der Waals surface area (Å²) < 4.78 is 5.13. The van der Waals surface area contributed by atoms with Gasteiger partial charge in [-0.25, -0.2) is 0 Å². The molecule has 0 aliphatic heterocycles. The number of hydrogen-bond donors (Lipinski definition) is 0. The van der Waals surface area contributed by atoms with Crippen molar-refractivity contribution >= 4 is 110 Å². The number of hydrogen-bond acceptors (Lipinski definition) is 2. The number of benzene rings is 11. The second-order valence-corrected chi connectivity index (χ2v) is 24.3. The highest BCUT2D eigenvalue weighted by Crippen LogP contribution is 2.53. The number of anilines is 6. The lowest BCUT2D eigenvalue weighted by Crippen LogP contribution is -2.15. The molecule has 11 aromatic carbocycles. The lowest BCUT2D eigenvalue weighted by Gasteiger charge is -2.30. The quantitative estimate of drug-likeness (QED) is 0.151. The second kappa shape index (κ2) is 17.6. The van der Waals surface area contributed by atoms with Crippen molar-refractivity contribution in [3.63, 3.8) is 0 Å². The molecule has 4 nitrogen and oxygen atoms in total. The molecule has 0 unspecified atom stereocenters. The van der Waals surface area contributed by atoms with Crippen LogP contribution in [0.3, 0.4) is 0 Å². The Balaban J connectivity index is 1.00. The average molecular weight is 1030 g/mol. The molecule has 0 saturated heterocycles. The van der Waals surface area contributed by atoms with Crippen LogP contribution in [0.25, 0.3) is 98.4 Å². The maximum Gasteiger partial charge on any atom is 0.0641 e. The molecule has 4 heteroatoms. The predicted octanol–water partition coefficient (Wildman–Crippen LogP) is 21.5. The number of aryl methyl sites for hydroxylation is 2. The van der Waals surface area contributed by atoms with Crippen LogP contribution >= 0.6 is 0 Å². The normalized spacial score (nSPS) is 12.5. The molecule has 0 amide bonds. The summed E-state index contributed by atoms with van der Waals surface area (Å²) in [6.45, 7) is 18.2. The summed E-state index contributed by atoms with van der Waals surface area (Å²) in [4.78, 5) is 5.03. The lowest BCUT2D eigenvalue weighted by molar-refractivity contribution is 0.590. The van der Waals surface area contributed by atoms with Crippen LogP contribution in [-0.2, 0) is 10.8 Å². The Morgan fingerprint density at radius 3 is 1.09 bits per heavy atom. The predicted molar refractivity (Wildman–Crippen MR) is 343 cm³/mol. The minimum atomic E-state index is -0.0311. The van der Waals surface area contributed by atoms with Gasteiger partial charge in [-0.2, -0.15) is 0 Å². The van der Waals surface area contributed by atoms with Gasteiger partial charge in [0.05, 0.1) is 55.8 Å². The van der Waals surface area contributed by atoms with Gasteiger partial charge in [0.2, 0.25) is 0 Å². The number of fused-ring (bicyclic) bond motifs is 12. The van der Waals surface area contributed by atoms with Crippen LogP contribution in [0.5, 0.6) is 0 Å². The standard InChI is InChI=1S/C76H62N4/c1-47-21-19-23-49(41-47)59-43-51(75(3,4)5)33-37-65(59)77(53-25-11-9-12-26-53)67-39-35-55-61-45-70-62(46-69(61)79-63-31-17-15-29-57(63)71(67)73(55)79)56-36-40-68(72-58-30-16-18-32-64(58)80(70)74(56)72)78(54-27-13-10-14-28-54)66-38-34-52(76(6,7)8)44-60(66)50-24-20-22-48(2)42-50/h9-46H,1-8H3. The van der Waals surface area contributed by atoms with Crippen LogP contribution in [0.2, 0.25) is 0 Å². The topological polar surface area (TPSA) is 15.3 Å². The summed E-state index contributed by atoms with van der Waals surface area (Å²) in [5, 5.41) is 9.94. The molecule has 0 fully saturated rings. The molecule has 0 aliphatic carbocycles. The van der Waals surface area contributed by atoms with E-state index in [4.69, 9.17) is 0 Å². The molecule has 0 saturated carbocycles. The van der Waals surface area contributed by atoms with Gasteiger partial charge in [-0.15, -0.1) is 0 Å². The number of para-hydroxylation sites is 4. The van der Waals surface area contributed by atoms with Crippen molar-refractivity contribution in [3.8, 4) is 22.3 Å². The zero-order chi connectivity index (χ0) is 54.3. The molecule has 4 heterocycles. The third-order valence-electron chi connectivity index (χ3n) is 17.1. The Kier molecular flexibility index (Phi) is 10.5. The number of aromatic nitrogens is 2. The largest absolute Gasteiger partial charge is 0.309 e. The molecular formula is C76H62N4. The summed E-state index contributed by atoms with van der Waals surface area (Å²) in [7, 11) is 0. The summed E-state index contributed by atoms with van der Waals surface area (Å²) in [6, 6.07) is 86.8. The summed E-state index contributed by atoms with van der Waals surface area (Å²) in [5.74, 6) is 0. The first-order valence-corrected chi connectivity index (χ1v) is 28.3. The maximum atomic E-state index is 2.56. The van der Waals surface area contributed by atoms with Crippen molar-refractivity contribution in [2.45, 2.75) is 66.2 Å². The fraction of sp³-hybridized carbons (Fsp3) is 0.132. The molecular weight excluding hydrogens is 969 g/mol. The molecule has 386 valence electrons. The van der Waals surface area contributed by atoms with Crippen molar-refractivity contribution in [2.75, 3.05) is 9.80 Å². The van der Waals surface area contributed by atoms with Gasteiger partial charge in [0, 0.05) is 65.6 Å². The Hall–Kier alpha value is -9.38. The molecule has 0 aliphatic rings. The van der Waals surface area contributed by atoms with E-state index in [2.05, 4.69) is 305 Å². The molecule has 80 heavy (non-hydrogen) atoms. The number of rotatable bonds is 8. The van der Waals surface area contributed by atoms with E-state index in [1.807, 2.05) is 0 Å². The van der Waals surface area contributed by atoms with Crippen molar-refractivity contribution in [3.05, 3.63) is 253 Å². The third-order valence-corrected chi connectivity index (χ3v) is 17.1. The van der Waals surface area contributed by atoms with Gasteiger partial charge < -0.3 is 18.6 Å². The third kappa shape index (κ3) is 7.21. The van der Waals surface area contributed by atoms with Gasteiger partial charge in [-0.1, -0.05) is 198 Å². The van der Waals surface area contributed by atoms with E-state index >= 15 is 0 Å². The highest BCUT2D eigenvalue weighted by atomic mass is 15.2. The van der Waals surface area contributed by atoms with Crippen molar-refractivity contribution in [1.29, 1.82) is 0 Å². The summed E-state index contributed by atoms with van der Waals surface area (Å²) in [6.07, 6.45) is 0. The van der Waals surface area contributed by atoms with Crippen molar-refractivity contribution in [2.24, 2.45) is 0 Å². The summed E-state index contributed by atoms with van der Waals surface area (Å²) >= 11 is 0. The van der Waals surface area contributed by atoms with E-state index < -0.39 is 0 Å². The lowest BCUT2D eigenvalue weighted by atomic mass is 9.84. The second-order valence-electron chi connectivity index (χ2n) is 24.3. The first-order valence-electron chi connectivity index (χ1n) is 28.3. The average Bonchev–Trinajstić information content (AvgIpc) is 3.44. The van der Waals surface area contributed by atoms with E-state index in [0.717, 1.165) is 34.1 Å². The van der Waals surface area contributed by atoms with Gasteiger partial charge in [0.25, 0.3) is 0 Å². The fourth-order valence-corrected chi connectivity index (χ4v) is 13.3. The molecule has 4 aromatic heterocycles. The van der Waals surface area contributed by atoms with Crippen LogP contribution in [0.1, 0.15) is 63.8 Å². The minimum absolute atomic E-state index is 0.0311. The van der Waals surface area contributed by atoms with Crippen LogP contribution < -0.4 is 9.80 Å². The zero-order valence-electron chi connectivity index (χ0n) is 46.7. The minimum Gasteiger partial charge on any atom is -0.309 e. The Labute approximate surface area is 467 Å². The SMILES string of the molecule is Cc1cccc(-c2cc(C(C)(C)C)ccc2N(c2ccccc2)c2ccc3c4cc5c(cc4n4c6ccccc6c2c34)c2ccc(N(c3ccccc3)c3ccc(C(C)(C)C)cc3-c3cccc(C)c3)c3c4ccccc4n5c23)c1. The van der Waals surface area contributed by atoms with Crippen LogP contribution in [-0.4, -0.2) is 8.80 Å². The van der Waals surface area contributed by atoms with Crippen LogP contribution in [0, 0.1) is 13.8 Å². The Bertz CT molecular complexity index is 4610. The van der Waals surface area contributed by atoms with Gasteiger partial charge in [-0.05, 0) is 132 Å². The van der Waals surface area contributed by atoms with Gasteiger partial charge in [-0.3, -0.25) is 0 Å². The van der Waals surface area contributed by atoms with Crippen LogP contribution in [0.15, 0.2) is 231 Å². The van der Waals surface area contributed by atoms with Gasteiger partial charge in [0.15, 0.2) is 0 Å². The molecule has 0 atom stereocenters. The zero-order valence-corrected chi connectivity index (χ0v) is 46.7. The number of nitrogens with zero attached hydrogens (tertiary/aromatic N) is 4.